The second-order valence-electron chi connectivity index (χ2n) is 8.98. The molecule has 1 aliphatic heterocycles. The zero-order chi connectivity index (χ0) is 28.0. The van der Waals surface area contributed by atoms with E-state index >= 15 is 0 Å². The smallest absolute Gasteiger partial charge is 0.382 e. The fourth-order valence-corrected chi connectivity index (χ4v) is 4.18. The number of aliphatic hydroxyl groups is 2. The highest BCUT2D eigenvalue weighted by Crippen LogP contribution is 2.31. The van der Waals surface area contributed by atoms with Crippen molar-refractivity contribution in [3.8, 4) is 5.69 Å². The van der Waals surface area contributed by atoms with E-state index in [1.165, 1.54) is 24.3 Å². The lowest BCUT2D eigenvalue weighted by molar-refractivity contribution is -0.212. The molecule has 0 fully saturated rings. The summed E-state index contributed by atoms with van der Waals surface area (Å²) < 4.78 is 69.4. The maximum atomic E-state index is 14.5. The molecule has 1 aliphatic rings. The molecular weight excluding hydrogens is 535 g/mol. The molecule has 2 aromatic carbocycles. The van der Waals surface area contributed by atoms with Crippen LogP contribution in [0.4, 0.5) is 22.0 Å². The second kappa shape index (κ2) is 10.1. The first-order chi connectivity index (χ1) is 17.7. The Labute approximate surface area is 219 Å². The van der Waals surface area contributed by atoms with E-state index in [0.29, 0.717) is 34.3 Å². The fraction of sp³-hybridized carbons (Fsp3) is 0.375. The monoisotopic (exact) mass is 558 g/mol. The molecule has 2 N–H and O–H groups in total. The van der Waals surface area contributed by atoms with Gasteiger partial charge in [-0.2, -0.15) is 27.1 Å². The van der Waals surface area contributed by atoms with Crippen molar-refractivity contribution in [3.05, 3.63) is 75.8 Å². The molecule has 1 aromatic heterocycles. The minimum atomic E-state index is -4.95. The van der Waals surface area contributed by atoms with E-state index < -0.39 is 43.5 Å². The maximum absolute atomic E-state index is 14.5. The average molecular weight is 559 g/mol. The number of hydrogen-bond acceptors (Lipinski definition) is 7. The standard InChI is InChI=1S/C24H24ClF5N6O2/c1-13-5-4-6-14(2)19(13)36-21(23(3,26)27)31-18(32-36)12-35-22(38)34(11-17(37)24(28,29)30)20(33-35)15-7-9-16(25)10-8-15/h4-10,17,22,37-38H,11-12H2,1-3H3/t17-,22?/m0/s1. The summed E-state index contributed by atoms with van der Waals surface area (Å²) in [5.74, 6) is -4.28. The zero-order valence-corrected chi connectivity index (χ0v) is 21.2. The van der Waals surface area contributed by atoms with Crippen molar-refractivity contribution in [2.75, 3.05) is 6.54 Å². The van der Waals surface area contributed by atoms with Gasteiger partial charge in [-0.25, -0.2) is 14.7 Å². The third-order valence-electron chi connectivity index (χ3n) is 5.89. The molecule has 0 saturated carbocycles. The number of nitrogens with zero attached hydrogens (tertiary/aromatic N) is 6. The number of amidine groups is 1. The highest BCUT2D eigenvalue weighted by molar-refractivity contribution is 6.30. The second-order valence-corrected chi connectivity index (χ2v) is 9.41. The number of hydrogen-bond donors (Lipinski definition) is 2. The third kappa shape index (κ3) is 5.59. The summed E-state index contributed by atoms with van der Waals surface area (Å²) in [5, 5.41) is 30.3. The van der Waals surface area contributed by atoms with Gasteiger partial charge in [-0.05, 0) is 49.2 Å². The predicted octanol–water partition coefficient (Wildman–Crippen LogP) is 4.33. The average Bonchev–Trinajstić information content (AvgIpc) is 3.36. The molecule has 38 heavy (non-hydrogen) atoms. The van der Waals surface area contributed by atoms with Crippen molar-refractivity contribution in [2.45, 2.75) is 51.9 Å². The van der Waals surface area contributed by atoms with Gasteiger partial charge in [-0.3, -0.25) is 0 Å². The number of alkyl halides is 5. The van der Waals surface area contributed by atoms with E-state index in [4.69, 9.17) is 11.6 Å². The summed E-state index contributed by atoms with van der Waals surface area (Å²) in [5.41, 5.74) is 2.05. The number of aromatic nitrogens is 3. The molecule has 14 heteroatoms. The van der Waals surface area contributed by atoms with Crippen molar-refractivity contribution in [1.82, 2.24) is 24.7 Å². The normalized spacial score (nSPS) is 17.2. The maximum Gasteiger partial charge on any atom is 0.416 e. The molecule has 1 unspecified atom stereocenters. The van der Waals surface area contributed by atoms with Crippen molar-refractivity contribution in [1.29, 1.82) is 0 Å². The van der Waals surface area contributed by atoms with Crippen LogP contribution < -0.4 is 0 Å². The molecule has 0 amide bonds. The number of aryl methyl sites for hydroxylation is 2. The minimum absolute atomic E-state index is 0.0901. The highest BCUT2D eigenvalue weighted by atomic mass is 35.5. The molecule has 3 aromatic rings. The first kappa shape index (κ1) is 27.7. The molecule has 0 aliphatic carbocycles. The van der Waals surface area contributed by atoms with Crippen LogP contribution in [-0.4, -0.2) is 65.9 Å². The van der Waals surface area contributed by atoms with Crippen molar-refractivity contribution in [2.24, 2.45) is 5.10 Å². The molecule has 0 radical (unpaired) electrons. The predicted molar refractivity (Wildman–Crippen MR) is 129 cm³/mol. The summed E-state index contributed by atoms with van der Waals surface area (Å²) in [6, 6.07) is 11.2. The van der Waals surface area contributed by atoms with Gasteiger partial charge in [0.2, 0.25) is 12.2 Å². The zero-order valence-electron chi connectivity index (χ0n) is 20.5. The Morgan fingerprint density at radius 1 is 1.03 bits per heavy atom. The van der Waals surface area contributed by atoms with Crippen molar-refractivity contribution >= 4 is 17.4 Å². The van der Waals surface area contributed by atoms with E-state index in [0.717, 1.165) is 14.6 Å². The van der Waals surface area contributed by atoms with Gasteiger partial charge in [0.1, 0.15) is 6.54 Å². The van der Waals surface area contributed by atoms with Crippen LogP contribution in [0.3, 0.4) is 0 Å². The molecule has 204 valence electrons. The van der Waals surface area contributed by atoms with Gasteiger partial charge in [0.25, 0.3) is 0 Å². The Kier molecular flexibility index (Phi) is 7.38. The fourth-order valence-electron chi connectivity index (χ4n) is 4.06. The van der Waals surface area contributed by atoms with Gasteiger partial charge in [0.05, 0.1) is 12.2 Å². The lowest BCUT2D eigenvalue weighted by Gasteiger charge is -2.29. The first-order valence-electron chi connectivity index (χ1n) is 11.4. The Morgan fingerprint density at radius 3 is 2.18 bits per heavy atom. The van der Waals surface area contributed by atoms with Crippen LogP contribution in [0, 0.1) is 13.8 Å². The van der Waals surface area contributed by atoms with E-state index in [-0.39, 0.29) is 11.7 Å². The topological polar surface area (TPSA) is 90.0 Å². The van der Waals surface area contributed by atoms with Gasteiger partial charge < -0.3 is 15.1 Å². The van der Waals surface area contributed by atoms with Gasteiger partial charge >= 0.3 is 12.1 Å². The Bertz CT molecular complexity index is 1320. The van der Waals surface area contributed by atoms with Crippen molar-refractivity contribution < 1.29 is 32.2 Å². The number of halogens is 6. The molecule has 2 atom stereocenters. The Hall–Kier alpha value is -3.29. The summed E-state index contributed by atoms with van der Waals surface area (Å²) >= 11 is 5.91. The van der Waals surface area contributed by atoms with Gasteiger partial charge in [0, 0.05) is 17.5 Å². The summed E-state index contributed by atoms with van der Waals surface area (Å²) in [7, 11) is 0. The third-order valence-corrected chi connectivity index (χ3v) is 6.14. The van der Waals surface area contributed by atoms with E-state index in [1.54, 1.807) is 32.0 Å². The lowest BCUT2D eigenvalue weighted by Crippen LogP contribution is -2.49. The highest BCUT2D eigenvalue weighted by Gasteiger charge is 2.44. The molecule has 0 spiro atoms. The lowest BCUT2D eigenvalue weighted by atomic mass is 10.1. The van der Waals surface area contributed by atoms with Crippen molar-refractivity contribution in [3.63, 3.8) is 0 Å². The molecule has 0 saturated heterocycles. The minimum Gasteiger partial charge on any atom is -0.382 e. The SMILES string of the molecule is Cc1cccc(C)c1-n1nc(CN2N=C(c3ccc(Cl)cc3)N(C[C@H](O)C(F)(F)F)C2O)nc1C(C)(F)F. The van der Waals surface area contributed by atoms with Gasteiger partial charge in [-0.1, -0.05) is 29.8 Å². The summed E-state index contributed by atoms with van der Waals surface area (Å²) in [6.45, 7) is 2.69. The molecule has 2 heterocycles. The largest absolute Gasteiger partial charge is 0.416 e. The van der Waals surface area contributed by atoms with Gasteiger partial charge in [-0.15, -0.1) is 5.10 Å². The van der Waals surface area contributed by atoms with Crippen LogP contribution in [0.2, 0.25) is 5.02 Å². The molecule has 4 rings (SSSR count). The molecular formula is C24H24ClF5N6O2. The molecule has 8 nitrogen and oxygen atoms in total. The van der Waals surface area contributed by atoms with Crippen LogP contribution in [-0.2, 0) is 12.5 Å². The van der Waals surface area contributed by atoms with Crippen LogP contribution in [0.15, 0.2) is 47.6 Å². The number of benzene rings is 2. The van der Waals surface area contributed by atoms with Gasteiger partial charge in [0.15, 0.2) is 17.8 Å². The number of β-amino-alcohol motifs (C(OH)–C–C–N with tert-alkyl or cyclic N) is 1. The van der Waals surface area contributed by atoms with Crippen LogP contribution in [0.5, 0.6) is 0 Å². The first-order valence-corrected chi connectivity index (χ1v) is 11.8. The summed E-state index contributed by atoms with van der Waals surface area (Å²) in [4.78, 5) is 4.83. The number of rotatable bonds is 7. The summed E-state index contributed by atoms with van der Waals surface area (Å²) in [6.07, 6.45) is -9.53. The number of hydrazone groups is 1. The van der Waals surface area contributed by atoms with E-state index in [2.05, 4.69) is 15.2 Å². The van der Waals surface area contributed by atoms with Crippen LogP contribution in [0.25, 0.3) is 5.69 Å². The number of aliphatic hydroxyl groups excluding tert-OH is 2. The quantitative estimate of drug-likeness (QED) is 0.420. The van der Waals surface area contributed by atoms with Crippen LogP contribution >= 0.6 is 11.6 Å². The Balaban J connectivity index is 1.72. The van der Waals surface area contributed by atoms with E-state index in [1.807, 2.05) is 0 Å². The number of para-hydroxylation sites is 1. The molecule has 0 bridgehead atoms. The van der Waals surface area contributed by atoms with Crippen LogP contribution in [0.1, 0.15) is 35.3 Å². The van der Waals surface area contributed by atoms with E-state index in [9.17, 15) is 32.2 Å². The Morgan fingerprint density at radius 2 is 1.63 bits per heavy atom.